The molecule has 0 bridgehead atoms. The van der Waals surface area contributed by atoms with E-state index in [0.717, 1.165) is 6.07 Å². The molecule has 0 spiro atoms. The van der Waals surface area contributed by atoms with Crippen LogP contribution in [0.2, 0.25) is 0 Å². The lowest BCUT2D eigenvalue weighted by Crippen LogP contribution is -2.01. The van der Waals surface area contributed by atoms with Crippen molar-refractivity contribution in [3.63, 3.8) is 0 Å². The lowest BCUT2D eigenvalue weighted by atomic mass is 10.1. The first-order valence-corrected chi connectivity index (χ1v) is 6.32. The summed E-state index contributed by atoms with van der Waals surface area (Å²) in [6.07, 6.45) is 1.50. The summed E-state index contributed by atoms with van der Waals surface area (Å²) in [6, 6.07) is 9.91. The summed E-state index contributed by atoms with van der Waals surface area (Å²) in [7, 11) is 0. The molecule has 0 fully saturated rings. The fourth-order valence-corrected chi connectivity index (χ4v) is 2.22. The van der Waals surface area contributed by atoms with Gasteiger partial charge in [0.05, 0.1) is 32.8 Å². The van der Waals surface area contributed by atoms with Crippen LogP contribution in [0.4, 0.5) is 11.4 Å². The van der Waals surface area contributed by atoms with E-state index in [1.54, 1.807) is 6.07 Å². The smallest absolute Gasteiger partial charge is 0.258 e. The molecule has 9 heteroatoms. The fraction of sp³-hybridized carbons (Fsp3) is 0. The molecule has 0 radical (unpaired) electrons. The van der Waals surface area contributed by atoms with Gasteiger partial charge in [-0.25, -0.2) is 4.68 Å². The molecule has 0 atom stereocenters. The van der Waals surface area contributed by atoms with E-state index in [0.29, 0.717) is 16.6 Å². The van der Waals surface area contributed by atoms with Crippen LogP contribution in [0, 0.1) is 31.6 Å². The van der Waals surface area contributed by atoms with Crippen LogP contribution >= 0.6 is 0 Å². The first-order valence-electron chi connectivity index (χ1n) is 6.32. The highest BCUT2D eigenvalue weighted by atomic mass is 16.6. The van der Waals surface area contributed by atoms with Crippen molar-refractivity contribution in [2.24, 2.45) is 0 Å². The minimum atomic E-state index is -0.601. The van der Waals surface area contributed by atoms with E-state index in [2.05, 4.69) is 5.10 Å². The monoisotopic (exact) mass is 309 g/mol. The van der Waals surface area contributed by atoms with Gasteiger partial charge in [0.15, 0.2) is 0 Å². The lowest BCUT2D eigenvalue weighted by Gasteiger charge is -2.05. The van der Waals surface area contributed by atoms with E-state index in [4.69, 9.17) is 0 Å². The summed E-state index contributed by atoms with van der Waals surface area (Å²) in [4.78, 5) is 20.6. The molecule has 1 heterocycles. The maximum Gasteiger partial charge on any atom is 0.271 e. The topological polar surface area (TPSA) is 128 Å². The van der Waals surface area contributed by atoms with E-state index in [-0.39, 0.29) is 16.9 Å². The molecular formula is C14H7N5O4. The first-order chi connectivity index (χ1) is 11.0. The minimum absolute atomic E-state index is 0.0516. The maximum absolute atomic E-state index is 10.9. The van der Waals surface area contributed by atoms with Crippen molar-refractivity contribution < 1.29 is 9.85 Å². The maximum atomic E-state index is 10.9. The molecule has 0 saturated carbocycles. The third kappa shape index (κ3) is 2.34. The molecule has 0 saturated heterocycles. The highest BCUT2D eigenvalue weighted by molar-refractivity contribution is 5.83. The van der Waals surface area contributed by atoms with Gasteiger partial charge in [0, 0.05) is 29.7 Å². The molecule has 23 heavy (non-hydrogen) atoms. The number of hydrogen-bond donors (Lipinski definition) is 0. The third-order valence-electron chi connectivity index (χ3n) is 3.30. The molecule has 0 aliphatic heterocycles. The molecule has 9 nitrogen and oxygen atoms in total. The van der Waals surface area contributed by atoms with Crippen molar-refractivity contribution >= 4 is 22.3 Å². The molecule has 0 aliphatic carbocycles. The Morgan fingerprint density at radius 2 is 1.70 bits per heavy atom. The lowest BCUT2D eigenvalue weighted by molar-refractivity contribution is -0.385. The van der Waals surface area contributed by atoms with Crippen molar-refractivity contribution in [2.45, 2.75) is 0 Å². The van der Waals surface area contributed by atoms with E-state index < -0.39 is 9.85 Å². The summed E-state index contributed by atoms with van der Waals surface area (Å²) in [6.45, 7) is 0. The number of nitro groups is 2. The average molecular weight is 309 g/mol. The largest absolute Gasteiger partial charge is 0.271 e. The van der Waals surface area contributed by atoms with Crippen molar-refractivity contribution in [2.75, 3.05) is 0 Å². The molecule has 3 aromatic rings. The zero-order valence-corrected chi connectivity index (χ0v) is 11.4. The Morgan fingerprint density at radius 3 is 2.35 bits per heavy atom. The molecule has 1 aromatic heterocycles. The number of hydrogen-bond acceptors (Lipinski definition) is 6. The summed E-state index contributed by atoms with van der Waals surface area (Å²) in [5.74, 6) is 0. The number of nitriles is 1. The highest BCUT2D eigenvalue weighted by Crippen LogP contribution is 2.26. The number of nitrogens with zero attached hydrogens (tertiary/aromatic N) is 5. The number of rotatable bonds is 3. The number of nitro benzene ring substituents is 2. The second-order valence-corrected chi connectivity index (χ2v) is 4.63. The summed E-state index contributed by atoms with van der Waals surface area (Å²) >= 11 is 0. The van der Waals surface area contributed by atoms with Crippen LogP contribution in [0.25, 0.3) is 16.6 Å². The quantitative estimate of drug-likeness (QED) is 0.540. The molecule has 3 rings (SSSR count). The van der Waals surface area contributed by atoms with Gasteiger partial charge in [0.1, 0.15) is 6.07 Å². The fourth-order valence-electron chi connectivity index (χ4n) is 2.22. The molecule has 0 N–H and O–H groups in total. The number of aromatic nitrogens is 2. The standard InChI is InChI=1S/C14H7N5O4/c15-7-10-5-11(18(20)21)3-4-13(10)17-14-6-12(19(22)23)2-1-9(14)8-16-17/h1-6,8H. The van der Waals surface area contributed by atoms with Crippen LogP contribution in [0.5, 0.6) is 0 Å². The Kier molecular flexibility index (Phi) is 3.19. The molecular weight excluding hydrogens is 302 g/mol. The van der Waals surface area contributed by atoms with Gasteiger partial charge in [0.25, 0.3) is 11.4 Å². The van der Waals surface area contributed by atoms with Crippen molar-refractivity contribution in [3.05, 3.63) is 68.4 Å². The van der Waals surface area contributed by atoms with Crippen LogP contribution in [-0.4, -0.2) is 19.6 Å². The minimum Gasteiger partial charge on any atom is -0.258 e. The summed E-state index contributed by atoms with van der Waals surface area (Å²) < 4.78 is 1.35. The van der Waals surface area contributed by atoms with Gasteiger partial charge in [-0.3, -0.25) is 20.2 Å². The average Bonchev–Trinajstić information content (AvgIpc) is 2.96. The highest BCUT2D eigenvalue weighted by Gasteiger charge is 2.16. The SMILES string of the molecule is N#Cc1cc([N+](=O)[O-])ccc1-n1ncc2ccc([N+](=O)[O-])cc21. The Bertz CT molecular complexity index is 1000. The van der Waals surface area contributed by atoms with Gasteiger partial charge in [-0.2, -0.15) is 10.4 Å². The summed E-state index contributed by atoms with van der Waals surface area (Å²) in [5.41, 5.74) is 0.473. The Balaban J connectivity index is 2.24. The predicted molar refractivity (Wildman–Crippen MR) is 79.1 cm³/mol. The molecule has 0 amide bonds. The second kappa shape index (κ2) is 5.19. The van der Waals surface area contributed by atoms with Crippen LogP contribution < -0.4 is 0 Å². The van der Waals surface area contributed by atoms with E-state index in [1.807, 2.05) is 6.07 Å². The van der Waals surface area contributed by atoms with Gasteiger partial charge in [-0.15, -0.1) is 0 Å². The zero-order chi connectivity index (χ0) is 16.6. The number of benzene rings is 2. The van der Waals surface area contributed by atoms with Gasteiger partial charge in [0.2, 0.25) is 0 Å². The van der Waals surface area contributed by atoms with E-state index in [1.165, 1.54) is 35.1 Å². The molecule has 0 unspecified atom stereocenters. The second-order valence-electron chi connectivity index (χ2n) is 4.63. The third-order valence-corrected chi connectivity index (χ3v) is 3.30. The first kappa shape index (κ1) is 14.2. The Labute approximate surface area is 128 Å². The Hall–Kier alpha value is -3.80. The van der Waals surface area contributed by atoms with Crippen molar-refractivity contribution in [3.8, 4) is 11.8 Å². The van der Waals surface area contributed by atoms with Crippen molar-refractivity contribution in [1.82, 2.24) is 9.78 Å². The normalized spacial score (nSPS) is 10.4. The van der Waals surface area contributed by atoms with Crippen LogP contribution in [0.1, 0.15) is 5.56 Å². The van der Waals surface area contributed by atoms with E-state index >= 15 is 0 Å². The molecule has 2 aromatic carbocycles. The Morgan fingerprint density at radius 1 is 1.04 bits per heavy atom. The molecule has 112 valence electrons. The van der Waals surface area contributed by atoms with Gasteiger partial charge >= 0.3 is 0 Å². The molecule has 0 aliphatic rings. The van der Waals surface area contributed by atoms with Crippen LogP contribution in [0.3, 0.4) is 0 Å². The number of fused-ring (bicyclic) bond motifs is 1. The van der Waals surface area contributed by atoms with Gasteiger partial charge < -0.3 is 0 Å². The number of non-ortho nitro benzene ring substituents is 2. The van der Waals surface area contributed by atoms with Crippen LogP contribution in [-0.2, 0) is 0 Å². The van der Waals surface area contributed by atoms with Gasteiger partial charge in [-0.05, 0) is 12.1 Å². The summed E-state index contributed by atoms with van der Waals surface area (Å²) in [5, 5.41) is 35.7. The predicted octanol–water partition coefficient (Wildman–Crippen LogP) is 2.71. The van der Waals surface area contributed by atoms with Crippen molar-refractivity contribution in [1.29, 1.82) is 5.26 Å². The van der Waals surface area contributed by atoms with Crippen LogP contribution in [0.15, 0.2) is 42.6 Å². The van der Waals surface area contributed by atoms with Gasteiger partial charge in [-0.1, -0.05) is 0 Å². The zero-order valence-electron chi connectivity index (χ0n) is 11.4. The van der Waals surface area contributed by atoms with E-state index in [9.17, 15) is 25.5 Å².